The van der Waals surface area contributed by atoms with Crippen LogP contribution < -0.4 is 9.47 Å². The van der Waals surface area contributed by atoms with Crippen molar-refractivity contribution < 1.29 is 18.7 Å². The van der Waals surface area contributed by atoms with Gasteiger partial charge in [-0.05, 0) is 66.3 Å². The molecule has 5 nitrogen and oxygen atoms in total. The van der Waals surface area contributed by atoms with Crippen molar-refractivity contribution >= 4 is 16.8 Å². The Balaban J connectivity index is 1.46. The van der Waals surface area contributed by atoms with E-state index in [0.717, 1.165) is 41.3 Å². The first kappa shape index (κ1) is 18.0. The summed E-state index contributed by atoms with van der Waals surface area (Å²) in [5.74, 6) is 1.23. The van der Waals surface area contributed by atoms with Crippen LogP contribution >= 0.6 is 0 Å². The molecule has 0 bridgehead atoms. The molecular weight excluding hydrogens is 371 g/mol. The lowest BCUT2D eigenvalue weighted by Gasteiger charge is -2.32. The Kier molecular flexibility index (Phi) is 4.05. The van der Waals surface area contributed by atoms with Crippen molar-refractivity contribution in [1.29, 1.82) is 0 Å². The highest BCUT2D eigenvalue weighted by Crippen LogP contribution is 2.52. The third-order valence-electron chi connectivity index (χ3n) is 6.32. The summed E-state index contributed by atoms with van der Waals surface area (Å²) >= 11 is 0. The Morgan fingerprint density at radius 3 is 2.52 bits per heavy atom. The summed E-state index contributed by atoms with van der Waals surface area (Å²) in [4.78, 5) is 18.7. The van der Waals surface area contributed by atoms with Gasteiger partial charge in [0, 0.05) is 30.2 Å². The molecule has 0 unspecified atom stereocenters. The summed E-state index contributed by atoms with van der Waals surface area (Å²) < 4.78 is 24.7. The number of rotatable bonds is 4. The molecule has 0 radical (unpaired) electrons. The average Bonchev–Trinajstić information content (AvgIpc) is 3.44. The van der Waals surface area contributed by atoms with Crippen LogP contribution in [0.15, 0.2) is 36.5 Å². The number of benzene rings is 2. The van der Waals surface area contributed by atoms with Crippen LogP contribution in [0.2, 0.25) is 0 Å². The molecular formula is C23H23FN2O3. The van der Waals surface area contributed by atoms with Gasteiger partial charge in [0.15, 0.2) is 11.5 Å². The lowest BCUT2D eigenvalue weighted by atomic mass is 9.91. The van der Waals surface area contributed by atoms with Crippen LogP contribution in [0.5, 0.6) is 11.5 Å². The molecule has 6 heteroatoms. The second-order valence-electron chi connectivity index (χ2n) is 7.93. The van der Waals surface area contributed by atoms with Crippen molar-refractivity contribution in [2.45, 2.75) is 31.2 Å². The number of fused-ring (bicyclic) bond motifs is 2. The molecule has 150 valence electrons. The van der Waals surface area contributed by atoms with Gasteiger partial charge in [0.25, 0.3) is 0 Å². The van der Waals surface area contributed by atoms with Gasteiger partial charge in [-0.25, -0.2) is 4.39 Å². The minimum atomic E-state index is -0.542. The Bertz CT molecular complexity index is 1120. The second kappa shape index (κ2) is 6.51. The smallest absolute Gasteiger partial charge is 0.233 e. The number of aromatic nitrogens is 1. The molecule has 1 aliphatic heterocycles. The number of nitrogens with zero attached hydrogens (tertiary/aromatic N) is 1. The molecule has 29 heavy (non-hydrogen) atoms. The number of carbonyl (C=O) groups excluding carboxylic acids is 1. The number of hydrogen-bond donors (Lipinski definition) is 1. The predicted molar refractivity (Wildman–Crippen MR) is 108 cm³/mol. The maximum Gasteiger partial charge on any atom is 0.233 e. The van der Waals surface area contributed by atoms with Gasteiger partial charge in [0.05, 0.1) is 19.6 Å². The van der Waals surface area contributed by atoms with Crippen LogP contribution in [0.1, 0.15) is 29.5 Å². The van der Waals surface area contributed by atoms with Crippen LogP contribution in [-0.2, 0) is 23.2 Å². The number of ether oxygens (including phenoxy) is 2. The molecule has 2 aromatic carbocycles. The number of amides is 1. The van der Waals surface area contributed by atoms with E-state index in [1.165, 1.54) is 17.7 Å². The van der Waals surface area contributed by atoms with E-state index >= 15 is 0 Å². The highest BCUT2D eigenvalue weighted by molar-refractivity contribution is 5.97. The van der Waals surface area contributed by atoms with E-state index in [1.54, 1.807) is 20.3 Å². The van der Waals surface area contributed by atoms with Gasteiger partial charge in [0.2, 0.25) is 5.91 Å². The number of methoxy groups -OCH3 is 2. The van der Waals surface area contributed by atoms with Crippen LogP contribution in [0, 0.1) is 5.82 Å². The standard InChI is InChI=1S/C23H23FN2O3/c1-28-20-9-14-5-8-26(13-15(14)10-21(20)29-2)22(27)23(6-7-23)18-12-25-19-4-3-16(24)11-17(18)19/h3-4,9-12,25H,5-8,13H2,1-2H3. The van der Waals surface area contributed by atoms with Gasteiger partial charge in [0.1, 0.15) is 5.82 Å². The van der Waals surface area contributed by atoms with Crippen molar-refractivity contribution in [1.82, 2.24) is 9.88 Å². The molecule has 5 rings (SSSR count). The summed E-state index contributed by atoms with van der Waals surface area (Å²) in [5.41, 5.74) is 3.50. The molecule has 2 aliphatic rings. The molecule has 1 fully saturated rings. The van der Waals surface area contributed by atoms with Crippen LogP contribution in [-0.4, -0.2) is 36.6 Å². The average molecular weight is 394 g/mol. The van der Waals surface area contributed by atoms with Crippen molar-refractivity contribution in [3.8, 4) is 11.5 Å². The van der Waals surface area contributed by atoms with E-state index in [9.17, 15) is 9.18 Å². The first-order valence-corrected chi connectivity index (χ1v) is 9.86. The molecule has 2 heterocycles. The van der Waals surface area contributed by atoms with Gasteiger partial charge in [-0.1, -0.05) is 0 Å². The number of halogens is 1. The van der Waals surface area contributed by atoms with E-state index in [0.29, 0.717) is 24.6 Å². The van der Waals surface area contributed by atoms with Gasteiger partial charge < -0.3 is 19.4 Å². The molecule has 1 saturated carbocycles. The van der Waals surface area contributed by atoms with Crippen molar-refractivity contribution in [2.24, 2.45) is 0 Å². The Labute approximate surface area is 168 Å². The fourth-order valence-corrected chi connectivity index (χ4v) is 4.57. The molecule has 1 aromatic heterocycles. The van der Waals surface area contributed by atoms with E-state index in [2.05, 4.69) is 4.98 Å². The SMILES string of the molecule is COc1cc2c(cc1OC)CN(C(=O)C1(c3c[nH]c4ccc(F)cc34)CC1)CC2. The largest absolute Gasteiger partial charge is 0.493 e. The van der Waals surface area contributed by atoms with Gasteiger partial charge in [-0.2, -0.15) is 0 Å². The Morgan fingerprint density at radius 1 is 1.10 bits per heavy atom. The second-order valence-corrected chi connectivity index (χ2v) is 7.93. The highest BCUT2D eigenvalue weighted by Gasteiger charge is 2.54. The first-order valence-electron chi connectivity index (χ1n) is 9.86. The van der Waals surface area contributed by atoms with Crippen LogP contribution in [0.4, 0.5) is 4.39 Å². The van der Waals surface area contributed by atoms with Crippen molar-refractivity contribution in [3.05, 3.63) is 59.0 Å². The van der Waals surface area contributed by atoms with E-state index in [1.807, 2.05) is 23.2 Å². The monoisotopic (exact) mass is 394 g/mol. The number of hydrogen-bond acceptors (Lipinski definition) is 3. The topological polar surface area (TPSA) is 54.6 Å². The third kappa shape index (κ3) is 2.77. The maximum absolute atomic E-state index is 13.8. The number of H-pyrrole nitrogens is 1. The first-order chi connectivity index (χ1) is 14.1. The van der Waals surface area contributed by atoms with E-state index in [-0.39, 0.29) is 11.7 Å². The predicted octanol–water partition coefficient (Wildman–Crippen LogP) is 3.94. The van der Waals surface area contributed by atoms with E-state index < -0.39 is 5.41 Å². The zero-order valence-electron chi connectivity index (χ0n) is 16.5. The molecule has 0 atom stereocenters. The Hall–Kier alpha value is -3.02. The zero-order valence-corrected chi connectivity index (χ0v) is 16.5. The molecule has 0 saturated heterocycles. The lowest BCUT2D eigenvalue weighted by molar-refractivity contribution is -0.134. The van der Waals surface area contributed by atoms with Crippen molar-refractivity contribution in [3.63, 3.8) is 0 Å². The fraction of sp³-hybridized carbons (Fsp3) is 0.348. The summed E-state index contributed by atoms with van der Waals surface area (Å²) in [6, 6.07) is 8.66. The molecule has 3 aromatic rings. The van der Waals surface area contributed by atoms with Crippen molar-refractivity contribution in [2.75, 3.05) is 20.8 Å². The quantitative estimate of drug-likeness (QED) is 0.729. The molecule has 1 amide bonds. The molecule has 0 spiro atoms. The normalized spacial score (nSPS) is 17.1. The third-order valence-corrected chi connectivity index (χ3v) is 6.32. The fourth-order valence-electron chi connectivity index (χ4n) is 4.57. The van der Waals surface area contributed by atoms with Gasteiger partial charge in [-0.3, -0.25) is 4.79 Å². The zero-order chi connectivity index (χ0) is 20.2. The minimum Gasteiger partial charge on any atom is -0.493 e. The van der Waals surface area contributed by atoms with Gasteiger partial charge >= 0.3 is 0 Å². The van der Waals surface area contributed by atoms with Gasteiger partial charge in [-0.15, -0.1) is 0 Å². The lowest BCUT2D eigenvalue weighted by Crippen LogP contribution is -2.42. The summed E-state index contributed by atoms with van der Waals surface area (Å²) in [7, 11) is 3.25. The van der Waals surface area contributed by atoms with Crippen LogP contribution in [0.3, 0.4) is 0 Å². The molecule has 1 N–H and O–H groups in total. The highest BCUT2D eigenvalue weighted by atomic mass is 19.1. The number of aromatic amines is 1. The number of carbonyl (C=O) groups is 1. The maximum atomic E-state index is 13.8. The summed E-state index contributed by atoms with van der Waals surface area (Å²) in [5, 5.41) is 0.805. The number of nitrogens with one attached hydrogen (secondary N) is 1. The summed E-state index contributed by atoms with van der Waals surface area (Å²) in [6.45, 7) is 1.22. The Morgan fingerprint density at radius 2 is 1.83 bits per heavy atom. The van der Waals surface area contributed by atoms with Crippen LogP contribution in [0.25, 0.3) is 10.9 Å². The minimum absolute atomic E-state index is 0.128. The molecule has 1 aliphatic carbocycles. The van der Waals surface area contributed by atoms with E-state index in [4.69, 9.17) is 9.47 Å². The summed E-state index contributed by atoms with van der Waals surface area (Å²) in [6.07, 6.45) is 4.25.